The maximum absolute atomic E-state index is 4.34. The predicted octanol–water partition coefficient (Wildman–Crippen LogP) is 3.10. The molecule has 0 saturated carbocycles. The number of thioether (sulfide) groups is 1. The molecule has 3 rings (SSSR count). The Balaban J connectivity index is 2.05. The summed E-state index contributed by atoms with van der Waals surface area (Å²) in [5, 5.41) is 8.56. The van der Waals surface area contributed by atoms with Gasteiger partial charge in [-0.25, -0.2) is 0 Å². The van der Waals surface area contributed by atoms with Crippen LogP contribution in [0.15, 0.2) is 22.8 Å². The van der Waals surface area contributed by atoms with Crippen LogP contribution < -0.4 is 0 Å². The third-order valence-corrected chi connectivity index (χ3v) is 4.50. The lowest BCUT2D eigenvalue weighted by Gasteiger charge is -2.19. The molecule has 3 nitrogen and oxygen atoms in total. The van der Waals surface area contributed by atoms with Crippen LogP contribution in [0.1, 0.15) is 24.6 Å². The molecule has 0 unspecified atom stereocenters. The Hall–Kier alpha value is -0.550. The highest BCUT2D eigenvalue weighted by Gasteiger charge is 2.20. The van der Waals surface area contributed by atoms with Gasteiger partial charge in [0.05, 0.1) is 0 Å². The number of pyridine rings is 1. The molecule has 84 valence electrons. The molecule has 0 aliphatic carbocycles. The fourth-order valence-corrected chi connectivity index (χ4v) is 3.56. The Kier molecular flexibility index (Phi) is 2.90. The summed E-state index contributed by atoms with van der Waals surface area (Å²) in [6.45, 7) is 0. The number of fused-ring (bicyclic) bond motifs is 1. The van der Waals surface area contributed by atoms with Gasteiger partial charge in [0.2, 0.25) is 0 Å². The predicted molar refractivity (Wildman–Crippen MR) is 70.0 cm³/mol. The molecular weight excluding hydrogens is 286 g/mol. The van der Waals surface area contributed by atoms with Gasteiger partial charge < -0.3 is 0 Å². The van der Waals surface area contributed by atoms with Gasteiger partial charge in [-0.05, 0) is 52.4 Å². The van der Waals surface area contributed by atoms with Gasteiger partial charge in [0.25, 0.3) is 0 Å². The largest absolute Gasteiger partial charge is 0.285 e. The van der Waals surface area contributed by atoms with E-state index in [1.807, 2.05) is 23.9 Å². The van der Waals surface area contributed by atoms with Crippen LogP contribution in [0.25, 0.3) is 5.65 Å². The molecule has 0 aromatic carbocycles. The Morgan fingerprint density at radius 3 is 2.88 bits per heavy atom. The van der Waals surface area contributed by atoms with Gasteiger partial charge in [0.15, 0.2) is 5.65 Å². The van der Waals surface area contributed by atoms with Crippen LogP contribution in [0.4, 0.5) is 0 Å². The standard InChI is InChI=1S/C11H12BrN3S/c12-9-1-2-10-13-14-11(15(10)7-9)8-3-5-16-6-4-8/h1-2,7-8H,3-6H2. The molecule has 16 heavy (non-hydrogen) atoms. The zero-order valence-electron chi connectivity index (χ0n) is 8.77. The van der Waals surface area contributed by atoms with E-state index in [1.54, 1.807) is 0 Å². The average Bonchev–Trinajstić information content (AvgIpc) is 2.73. The molecule has 5 heteroatoms. The smallest absolute Gasteiger partial charge is 0.160 e. The Bertz CT molecular complexity index is 505. The van der Waals surface area contributed by atoms with Gasteiger partial charge >= 0.3 is 0 Å². The first-order chi connectivity index (χ1) is 7.84. The molecule has 0 bridgehead atoms. The molecular formula is C11H12BrN3S. The van der Waals surface area contributed by atoms with E-state index < -0.39 is 0 Å². The molecule has 0 N–H and O–H groups in total. The summed E-state index contributed by atoms with van der Waals surface area (Å²) in [6.07, 6.45) is 4.50. The van der Waals surface area contributed by atoms with Gasteiger partial charge in [0, 0.05) is 16.6 Å². The van der Waals surface area contributed by atoms with Crippen LogP contribution >= 0.6 is 27.7 Å². The van der Waals surface area contributed by atoms with Crippen molar-refractivity contribution in [1.29, 1.82) is 0 Å². The van der Waals surface area contributed by atoms with Crippen LogP contribution in [0.5, 0.6) is 0 Å². The van der Waals surface area contributed by atoms with Gasteiger partial charge in [0.1, 0.15) is 5.82 Å². The van der Waals surface area contributed by atoms with Crippen LogP contribution in [0.2, 0.25) is 0 Å². The van der Waals surface area contributed by atoms with E-state index in [9.17, 15) is 0 Å². The van der Waals surface area contributed by atoms with Gasteiger partial charge in [-0.15, -0.1) is 10.2 Å². The van der Waals surface area contributed by atoms with Crippen LogP contribution in [-0.2, 0) is 0 Å². The highest BCUT2D eigenvalue weighted by molar-refractivity contribution is 9.10. The lowest BCUT2D eigenvalue weighted by molar-refractivity contribution is 0.592. The first-order valence-corrected chi connectivity index (χ1v) is 7.37. The highest BCUT2D eigenvalue weighted by atomic mass is 79.9. The van der Waals surface area contributed by atoms with E-state index in [4.69, 9.17) is 0 Å². The second-order valence-corrected chi connectivity index (χ2v) is 6.16. The van der Waals surface area contributed by atoms with Crippen molar-refractivity contribution in [3.63, 3.8) is 0 Å². The molecule has 2 aromatic heterocycles. The Morgan fingerprint density at radius 1 is 1.25 bits per heavy atom. The second-order valence-electron chi connectivity index (χ2n) is 4.02. The van der Waals surface area contributed by atoms with Crippen molar-refractivity contribution >= 4 is 33.3 Å². The Morgan fingerprint density at radius 2 is 2.06 bits per heavy atom. The van der Waals surface area contributed by atoms with Crippen molar-refractivity contribution in [2.45, 2.75) is 18.8 Å². The minimum absolute atomic E-state index is 0.575. The van der Waals surface area contributed by atoms with Gasteiger partial charge in [-0.2, -0.15) is 11.8 Å². The van der Waals surface area contributed by atoms with Crippen LogP contribution in [0.3, 0.4) is 0 Å². The quantitative estimate of drug-likeness (QED) is 0.810. The van der Waals surface area contributed by atoms with Crippen molar-refractivity contribution in [3.05, 3.63) is 28.6 Å². The molecule has 0 amide bonds. The van der Waals surface area contributed by atoms with E-state index in [2.05, 4.69) is 36.7 Å². The molecule has 1 aliphatic rings. The zero-order chi connectivity index (χ0) is 11.0. The van der Waals surface area contributed by atoms with Crippen molar-refractivity contribution in [1.82, 2.24) is 14.6 Å². The first-order valence-electron chi connectivity index (χ1n) is 5.42. The Labute approximate surface area is 107 Å². The fraction of sp³-hybridized carbons (Fsp3) is 0.455. The molecule has 0 atom stereocenters. The molecule has 1 aliphatic heterocycles. The lowest BCUT2D eigenvalue weighted by atomic mass is 10.0. The second kappa shape index (κ2) is 4.37. The molecule has 1 fully saturated rings. The van der Waals surface area contributed by atoms with Crippen molar-refractivity contribution in [3.8, 4) is 0 Å². The molecule has 0 radical (unpaired) electrons. The summed E-state index contributed by atoms with van der Waals surface area (Å²) in [6, 6.07) is 4.00. The maximum Gasteiger partial charge on any atom is 0.160 e. The maximum atomic E-state index is 4.34. The number of nitrogens with zero attached hydrogens (tertiary/aromatic N) is 3. The van der Waals surface area contributed by atoms with Crippen molar-refractivity contribution in [2.24, 2.45) is 0 Å². The van der Waals surface area contributed by atoms with E-state index in [0.29, 0.717) is 5.92 Å². The summed E-state index contributed by atoms with van der Waals surface area (Å²) in [5.74, 6) is 4.18. The third-order valence-electron chi connectivity index (χ3n) is 2.98. The van der Waals surface area contributed by atoms with E-state index >= 15 is 0 Å². The van der Waals surface area contributed by atoms with Crippen LogP contribution in [0, 0.1) is 0 Å². The summed E-state index contributed by atoms with van der Waals surface area (Å²) < 4.78 is 3.19. The minimum Gasteiger partial charge on any atom is -0.285 e. The normalized spacial score (nSPS) is 18.1. The van der Waals surface area contributed by atoms with Crippen LogP contribution in [-0.4, -0.2) is 26.1 Å². The summed E-state index contributed by atoms with van der Waals surface area (Å²) in [5.41, 5.74) is 0.941. The third kappa shape index (κ3) is 1.86. The summed E-state index contributed by atoms with van der Waals surface area (Å²) >= 11 is 5.53. The topological polar surface area (TPSA) is 30.2 Å². The van der Waals surface area contributed by atoms with E-state index in [1.165, 1.54) is 24.3 Å². The highest BCUT2D eigenvalue weighted by Crippen LogP contribution is 2.30. The first kappa shape index (κ1) is 10.6. The van der Waals surface area contributed by atoms with E-state index in [0.717, 1.165) is 15.9 Å². The molecule has 2 aromatic rings. The minimum atomic E-state index is 0.575. The number of rotatable bonds is 1. The van der Waals surface area contributed by atoms with Crippen molar-refractivity contribution in [2.75, 3.05) is 11.5 Å². The molecule has 3 heterocycles. The van der Waals surface area contributed by atoms with E-state index in [-0.39, 0.29) is 0 Å². The summed E-state index contributed by atoms with van der Waals surface area (Å²) in [7, 11) is 0. The zero-order valence-corrected chi connectivity index (χ0v) is 11.2. The number of aromatic nitrogens is 3. The number of hydrogen-bond donors (Lipinski definition) is 0. The van der Waals surface area contributed by atoms with Gasteiger partial charge in [-0.3, -0.25) is 4.40 Å². The molecule has 0 spiro atoms. The lowest BCUT2D eigenvalue weighted by Crippen LogP contribution is -2.11. The SMILES string of the molecule is Brc1ccc2nnc(C3CCSCC3)n2c1. The number of hydrogen-bond acceptors (Lipinski definition) is 3. The monoisotopic (exact) mass is 297 g/mol. The average molecular weight is 298 g/mol. The fourth-order valence-electron chi connectivity index (χ4n) is 2.12. The number of halogens is 1. The molecule has 1 saturated heterocycles. The van der Waals surface area contributed by atoms with Crippen molar-refractivity contribution < 1.29 is 0 Å². The summed E-state index contributed by atoms with van der Waals surface area (Å²) in [4.78, 5) is 0. The van der Waals surface area contributed by atoms with Gasteiger partial charge in [-0.1, -0.05) is 0 Å².